The van der Waals surface area contributed by atoms with Crippen LogP contribution in [0.15, 0.2) is 23.3 Å². The predicted molar refractivity (Wildman–Crippen MR) is 78.4 cm³/mol. The summed E-state index contributed by atoms with van der Waals surface area (Å²) in [7, 11) is 0. The molecule has 22 heavy (non-hydrogen) atoms. The molecule has 1 amide bonds. The number of hydrogen-bond acceptors (Lipinski definition) is 5. The van der Waals surface area contributed by atoms with Crippen LogP contribution < -0.4 is 10.9 Å². The Morgan fingerprint density at radius 1 is 1.32 bits per heavy atom. The molecule has 2 heterocycles. The predicted octanol–water partition coefficient (Wildman–Crippen LogP) is 0.584. The van der Waals surface area contributed by atoms with Gasteiger partial charge in [-0.25, -0.2) is 9.67 Å². The van der Waals surface area contributed by atoms with Gasteiger partial charge in [0.15, 0.2) is 0 Å². The minimum Gasteiger partial charge on any atom is -0.347 e. The minimum absolute atomic E-state index is 0.0697. The minimum atomic E-state index is -0.244. The number of aryl methyl sites for hydroxylation is 1. The van der Waals surface area contributed by atoms with Gasteiger partial charge in [-0.15, -0.1) is 0 Å². The summed E-state index contributed by atoms with van der Waals surface area (Å²) in [4.78, 5) is 27.6. The molecule has 0 spiro atoms. The maximum absolute atomic E-state index is 11.9. The number of rotatable bonds is 3. The molecule has 8 heteroatoms. The van der Waals surface area contributed by atoms with E-state index >= 15 is 0 Å². The van der Waals surface area contributed by atoms with Crippen molar-refractivity contribution in [1.29, 1.82) is 0 Å². The van der Waals surface area contributed by atoms with E-state index in [4.69, 9.17) is 0 Å². The molecule has 0 atom stereocenters. The Bertz CT molecular complexity index is 700. The lowest BCUT2D eigenvalue weighted by molar-refractivity contribution is 0.0911. The first kappa shape index (κ1) is 14.4. The number of nitrogens with zero attached hydrogens (tertiary/aromatic N) is 4. The standard InChI is InChI=1S/C14H18N6O2/c1-9-2-7-12(21)20(19-9)11-5-3-10(4-6-11)17-14(22)13-15-8-16-18-13/h2,7-8,10-11H,3-6H2,1H3,(H,17,22)(H,15,16,18). The summed E-state index contributed by atoms with van der Waals surface area (Å²) in [5.41, 5.74) is 0.764. The van der Waals surface area contributed by atoms with E-state index in [0.29, 0.717) is 0 Å². The van der Waals surface area contributed by atoms with Gasteiger partial charge in [0, 0.05) is 12.1 Å². The first-order valence-corrected chi connectivity index (χ1v) is 7.36. The Morgan fingerprint density at radius 3 is 2.77 bits per heavy atom. The molecule has 1 aliphatic carbocycles. The zero-order chi connectivity index (χ0) is 15.5. The van der Waals surface area contributed by atoms with Crippen LogP contribution in [-0.2, 0) is 0 Å². The summed E-state index contributed by atoms with van der Waals surface area (Å²) in [6.45, 7) is 1.87. The van der Waals surface area contributed by atoms with Crippen molar-refractivity contribution in [2.24, 2.45) is 0 Å². The molecule has 0 unspecified atom stereocenters. The van der Waals surface area contributed by atoms with Crippen LogP contribution in [0.4, 0.5) is 0 Å². The van der Waals surface area contributed by atoms with Crippen LogP contribution in [0.3, 0.4) is 0 Å². The Balaban J connectivity index is 1.59. The SMILES string of the molecule is Cc1ccc(=O)n(C2CCC(NC(=O)c3ncn[nH]3)CC2)n1. The molecule has 8 nitrogen and oxygen atoms in total. The second kappa shape index (κ2) is 6.08. The van der Waals surface area contributed by atoms with E-state index in [0.717, 1.165) is 31.4 Å². The van der Waals surface area contributed by atoms with Gasteiger partial charge in [-0.05, 0) is 38.7 Å². The first-order valence-electron chi connectivity index (χ1n) is 7.36. The molecule has 2 N–H and O–H groups in total. The van der Waals surface area contributed by atoms with Gasteiger partial charge in [0.25, 0.3) is 11.5 Å². The monoisotopic (exact) mass is 302 g/mol. The van der Waals surface area contributed by atoms with Gasteiger partial charge in [-0.1, -0.05) is 0 Å². The molecule has 1 saturated carbocycles. The lowest BCUT2D eigenvalue weighted by atomic mass is 9.91. The highest BCUT2D eigenvalue weighted by atomic mass is 16.2. The van der Waals surface area contributed by atoms with Crippen molar-refractivity contribution in [3.63, 3.8) is 0 Å². The third kappa shape index (κ3) is 3.05. The number of aromatic amines is 1. The number of carbonyl (C=O) groups is 1. The summed E-state index contributed by atoms with van der Waals surface area (Å²) in [5.74, 6) is -0.0227. The Labute approximate surface area is 127 Å². The van der Waals surface area contributed by atoms with E-state index < -0.39 is 0 Å². The van der Waals surface area contributed by atoms with Crippen LogP contribution in [0.5, 0.6) is 0 Å². The van der Waals surface area contributed by atoms with Crippen LogP contribution in [-0.4, -0.2) is 36.9 Å². The molecule has 3 rings (SSSR count). The van der Waals surface area contributed by atoms with Crippen molar-refractivity contribution in [3.05, 3.63) is 40.3 Å². The summed E-state index contributed by atoms with van der Waals surface area (Å²) in [5, 5.41) is 13.5. The molecule has 0 radical (unpaired) electrons. The highest BCUT2D eigenvalue weighted by molar-refractivity contribution is 5.90. The van der Waals surface area contributed by atoms with Gasteiger partial charge in [0.2, 0.25) is 5.82 Å². The summed E-state index contributed by atoms with van der Waals surface area (Å²) < 4.78 is 1.57. The molecule has 0 aliphatic heterocycles. The molecule has 116 valence electrons. The molecule has 1 fully saturated rings. The second-order valence-corrected chi connectivity index (χ2v) is 5.57. The Kier molecular flexibility index (Phi) is 3.99. The first-order chi connectivity index (χ1) is 10.6. The van der Waals surface area contributed by atoms with E-state index in [1.54, 1.807) is 16.8 Å². The van der Waals surface area contributed by atoms with Gasteiger partial charge in [-0.2, -0.15) is 10.2 Å². The van der Waals surface area contributed by atoms with Gasteiger partial charge in [0.05, 0.1) is 11.7 Å². The molecule has 2 aromatic rings. The van der Waals surface area contributed by atoms with Crippen LogP contribution in [0.2, 0.25) is 0 Å². The topological polar surface area (TPSA) is 106 Å². The van der Waals surface area contributed by atoms with Crippen molar-refractivity contribution in [1.82, 2.24) is 30.3 Å². The highest BCUT2D eigenvalue weighted by Crippen LogP contribution is 2.27. The summed E-state index contributed by atoms with van der Waals surface area (Å²) in [6.07, 6.45) is 4.57. The van der Waals surface area contributed by atoms with Crippen LogP contribution >= 0.6 is 0 Å². The molecule has 2 aromatic heterocycles. The van der Waals surface area contributed by atoms with Crippen LogP contribution in [0.1, 0.15) is 48.0 Å². The number of H-pyrrole nitrogens is 1. The molecular weight excluding hydrogens is 284 g/mol. The molecule has 0 saturated heterocycles. The van der Waals surface area contributed by atoms with Crippen LogP contribution in [0.25, 0.3) is 0 Å². The largest absolute Gasteiger partial charge is 0.347 e. The number of aromatic nitrogens is 5. The summed E-state index contributed by atoms with van der Waals surface area (Å²) in [6, 6.07) is 3.47. The van der Waals surface area contributed by atoms with Crippen molar-refractivity contribution in [2.75, 3.05) is 0 Å². The van der Waals surface area contributed by atoms with E-state index in [1.807, 2.05) is 6.92 Å². The number of carbonyl (C=O) groups excluding carboxylic acids is 1. The summed E-state index contributed by atoms with van der Waals surface area (Å²) >= 11 is 0. The highest BCUT2D eigenvalue weighted by Gasteiger charge is 2.25. The van der Waals surface area contributed by atoms with Gasteiger partial charge < -0.3 is 5.32 Å². The van der Waals surface area contributed by atoms with E-state index in [-0.39, 0.29) is 29.4 Å². The average molecular weight is 302 g/mol. The molecular formula is C14H18N6O2. The van der Waals surface area contributed by atoms with Crippen molar-refractivity contribution < 1.29 is 4.79 Å². The van der Waals surface area contributed by atoms with Crippen molar-refractivity contribution in [2.45, 2.75) is 44.7 Å². The zero-order valence-electron chi connectivity index (χ0n) is 12.3. The van der Waals surface area contributed by atoms with Crippen molar-refractivity contribution >= 4 is 5.91 Å². The van der Waals surface area contributed by atoms with Crippen LogP contribution in [0, 0.1) is 6.92 Å². The van der Waals surface area contributed by atoms with E-state index in [9.17, 15) is 9.59 Å². The zero-order valence-corrected chi connectivity index (χ0v) is 12.3. The normalized spacial score (nSPS) is 21.5. The van der Waals surface area contributed by atoms with E-state index in [2.05, 4.69) is 25.6 Å². The smallest absolute Gasteiger partial charge is 0.288 e. The lowest BCUT2D eigenvalue weighted by Crippen LogP contribution is -2.40. The fourth-order valence-electron chi connectivity index (χ4n) is 2.82. The van der Waals surface area contributed by atoms with Crippen molar-refractivity contribution in [3.8, 4) is 0 Å². The second-order valence-electron chi connectivity index (χ2n) is 5.57. The van der Waals surface area contributed by atoms with E-state index in [1.165, 1.54) is 6.33 Å². The average Bonchev–Trinajstić information content (AvgIpc) is 3.05. The third-order valence-corrected chi connectivity index (χ3v) is 3.97. The number of nitrogens with one attached hydrogen (secondary N) is 2. The van der Waals surface area contributed by atoms with Gasteiger partial charge in [0.1, 0.15) is 6.33 Å². The Hall–Kier alpha value is -2.51. The lowest BCUT2D eigenvalue weighted by Gasteiger charge is -2.29. The van der Waals surface area contributed by atoms with Gasteiger partial charge >= 0.3 is 0 Å². The quantitative estimate of drug-likeness (QED) is 0.863. The Morgan fingerprint density at radius 2 is 2.09 bits per heavy atom. The number of amides is 1. The molecule has 0 bridgehead atoms. The maximum atomic E-state index is 11.9. The fraction of sp³-hybridized carbons (Fsp3) is 0.500. The maximum Gasteiger partial charge on any atom is 0.288 e. The molecule has 0 aromatic carbocycles. The van der Waals surface area contributed by atoms with Gasteiger partial charge in [-0.3, -0.25) is 14.7 Å². The molecule has 1 aliphatic rings. The fourth-order valence-corrected chi connectivity index (χ4v) is 2.82. The number of hydrogen-bond donors (Lipinski definition) is 2. The third-order valence-electron chi connectivity index (χ3n) is 3.97.